The molecule has 34 heavy (non-hydrogen) atoms. The molecule has 0 unspecified atom stereocenters. The number of hydrogen-bond acceptors (Lipinski definition) is 9. The average molecular weight is 503 g/mol. The summed E-state index contributed by atoms with van der Waals surface area (Å²) >= 11 is 2.24. The number of benzene rings is 1. The summed E-state index contributed by atoms with van der Waals surface area (Å²) in [5.41, 5.74) is 1.52. The zero-order chi connectivity index (χ0) is 24.7. The number of nitrogens with zero attached hydrogens (tertiary/aromatic N) is 3. The molecule has 180 valence electrons. The van der Waals surface area contributed by atoms with Gasteiger partial charge in [-0.25, -0.2) is 9.59 Å². The van der Waals surface area contributed by atoms with Gasteiger partial charge in [0.15, 0.2) is 11.0 Å². The highest BCUT2D eigenvalue weighted by Crippen LogP contribution is 2.34. The molecule has 1 aromatic carbocycles. The Kier molecular flexibility index (Phi) is 8.83. The van der Waals surface area contributed by atoms with Crippen LogP contribution in [0, 0.1) is 6.92 Å². The van der Waals surface area contributed by atoms with Crippen molar-refractivity contribution in [1.82, 2.24) is 14.8 Å². The predicted octanol–water partition coefficient (Wildman–Crippen LogP) is 4.42. The maximum Gasteiger partial charge on any atom is 0.348 e. The normalized spacial score (nSPS) is 10.7. The van der Waals surface area contributed by atoms with Crippen LogP contribution in [0.1, 0.15) is 46.4 Å². The van der Waals surface area contributed by atoms with Crippen LogP contribution in [0.15, 0.2) is 35.5 Å². The molecule has 0 fully saturated rings. The molecule has 3 rings (SSSR count). The number of rotatable bonds is 10. The highest BCUT2D eigenvalue weighted by atomic mass is 32.2. The summed E-state index contributed by atoms with van der Waals surface area (Å²) in [6.45, 7) is 8.01. The molecule has 1 N–H and O–H groups in total. The second-order valence-corrected chi connectivity index (χ2v) is 8.92. The Morgan fingerprint density at radius 3 is 2.35 bits per heavy atom. The van der Waals surface area contributed by atoms with Crippen molar-refractivity contribution in [2.45, 2.75) is 39.4 Å². The standard InChI is InChI=1S/C23H26N4O5S2/c1-5-27-19(15-11-9-8-10-12-15)25-26-23(27)33-13-16(28)24-20-17(21(29)31-6-2)14(4)18(34-20)22(30)32-7-3/h8-12H,5-7,13H2,1-4H3,(H,24,28). The molecule has 0 spiro atoms. The molecule has 0 aliphatic rings. The van der Waals surface area contributed by atoms with Crippen molar-refractivity contribution in [3.05, 3.63) is 46.3 Å². The van der Waals surface area contributed by atoms with Crippen LogP contribution in [0.25, 0.3) is 11.4 Å². The van der Waals surface area contributed by atoms with Gasteiger partial charge >= 0.3 is 11.9 Å². The molecule has 0 aliphatic heterocycles. The lowest BCUT2D eigenvalue weighted by molar-refractivity contribution is -0.113. The Balaban J connectivity index is 1.77. The first-order chi connectivity index (χ1) is 16.4. The number of thioether (sulfide) groups is 1. The minimum Gasteiger partial charge on any atom is -0.462 e. The van der Waals surface area contributed by atoms with E-state index in [1.165, 1.54) is 11.8 Å². The molecule has 3 aromatic rings. The highest BCUT2D eigenvalue weighted by molar-refractivity contribution is 7.99. The summed E-state index contributed by atoms with van der Waals surface area (Å²) in [6.07, 6.45) is 0. The van der Waals surface area contributed by atoms with Crippen molar-refractivity contribution in [3.8, 4) is 11.4 Å². The number of aromatic nitrogens is 3. The van der Waals surface area contributed by atoms with Gasteiger partial charge in [-0.3, -0.25) is 4.79 Å². The van der Waals surface area contributed by atoms with E-state index in [1.807, 2.05) is 41.8 Å². The van der Waals surface area contributed by atoms with Gasteiger partial charge in [0.25, 0.3) is 0 Å². The third-order valence-corrected chi connectivity index (χ3v) is 6.89. The number of nitrogens with one attached hydrogen (secondary N) is 1. The van der Waals surface area contributed by atoms with Crippen LogP contribution in [0.4, 0.5) is 5.00 Å². The van der Waals surface area contributed by atoms with E-state index in [-0.39, 0.29) is 40.3 Å². The van der Waals surface area contributed by atoms with E-state index in [0.29, 0.717) is 17.3 Å². The fourth-order valence-electron chi connectivity index (χ4n) is 3.22. The van der Waals surface area contributed by atoms with Gasteiger partial charge in [-0.1, -0.05) is 42.1 Å². The van der Waals surface area contributed by atoms with E-state index in [9.17, 15) is 14.4 Å². The van der Waals surface area contributed by atoms with Gasteiger partial charge in [0.1, 0.15) is 9.88 Å². The maximum absolute atomic E-state index is 12.8. The molecule has 2 aromatic heterocycles. The fourth-order valence-corrected chi connectivity index (χ4v) is 5.12. The number of thiophene rings is 1. The van der Waals surface area contributed by atoms with Gasteiger partial charge in [0.05, 0.1) is 24.5 Å². The van der Waals surface area contributed by atoms with Crippen molar-refractivity contribution in [2.24, 2.45) is 0 Å². The van der Waals surface area contributed by atoms with E-state index in [4.69, 9.17) is 9.47 Å². The molecule has 1 amide bonds. The quantitative estimate of drug-likeness (QED) is 0.320. The van der Waals surface area contributed by atoms with Gasteiger partial charge in [0.2, 0.25) is 5.91 Å². The van der Waals surface area contributed by atoms with Crippen LogP contribution >= 0.6 is 23.1 Å². The maximum atomic E-state index is 12.8. The first kappa shape index (κ1) is 25.4. The average Bonchev–Trinajstić information content (AvgIpc) is 3.39. The summed E-state index contributed by atoms with van der Waals surface area (Å²) < 4.78 is 12.1. The van der Waals surface area contributed by atoms with Crippen molar-refractivity contribution in [2.75, 3.05) is 24.3 Å². The Bertz CT molecular complexity index is 1170. The number of hydrogen-bond donors (Lipinski definition) is 1. The topological polar surface area (TPSA) is 112 Å². The SMILES string of the molecule is CCOC(=O)c1sc(NC(=O)CSc2nnc(-c3ccccc3)n2CC)c(C(=O)OCC)c1C. The molecular weight excluding hydrogens is 476 g/mol. The first-order valence-electron chi connectivity index (χ1n) is 10.8. The first-order valence-corrected chi connectivity index (χ1v) is 12.6. The van der Waals surface area contributed by atoms with Crippen LogP contribution in [0.3, 0.4) is 0 Å². The monoisotopic (exact) mass is 502 g/mol. The smallest absolute Gasteiger partial charge is 0.348 e. The van der Waals surface area contributed by atoms with Gasteiger partial charge in [-0.2, -0.15) is 0 Å². The molecular formula is C23H26N4O5S2. The lowest BCUT2D eigenvalue weighted by atomic mass is 10.1. The lowest BCUT2D eigenvalue weighted by Gasteiger charge is -2.08. The summed E-state index contributed by atoms with van der Waals surface area (Å²) in [6, 6.07) is 9.70. The number of amides is 1. The van der Waals surface area contributed by atoms with Gasteiger partial charge in [-0.15, -0.1) is 21.5 Å². The number of carbonyl (C=O) groups is 3. The number of carbonyl (C=O) groups excluding carboxylic acids is 3. The second-order valence-electron chi connectivity index (χ2n) is 6.95. The Labute approximate surface area is 205 Å². The van der Waals surface area contributed by atoms with Gasteiger partial charge < -0.3 is 19.4 Å². The van der Waals surface area contributed by atoms with Crippen molar-refractivity contribution in [1.29, 1.82) is 0 Å². The molecule has 0 atom stereocenters. The van der Waals surface area contributed by atoms with E-state index in [1.54, 1.807) is 20.8 Å². The molecule has 0 bridgehead atoms. The number of esters is 2. The second kappa shape index (κ2) is 11.8. The van der Waals surface area contributed by atoms with E-state index in [2.05, 4.69) is 15.5 Å². The molecule has 9 nitrogen and oxygen atoms in total. The molecule has 0 aliphatic carbocycles. The van der Waals surface area contributed by atoms with Crippen LogP contribution in [0.2, 0.25) is 0 Å². The Morgan fingerprint density at radius 2 is 1.71 bits per heavy atom. The minimum absolute atomic E-state index is 0.0425. The highest BCUT2D eigenvalue weighted by Gasteiger charge is 2.27. The van der Waals surface area contributed by atoms with Crippen molar-refractivity contribution in [3.63, 3.8) is 0 Å². The molecule has 11 heteroatoms. The van der Waals surface area contributed by atoms with Crippen LogP contribution in [0.5, 0.6) is 0 Å². The van der Waals surface area contributed by atoms with Crippen molar-refractivity contribution >= 4 is 45.9 Å². The zero-order valence-electron chi connectivity index (χ0n) is 19.4. The molecule has 0 saturated carbocycles. The summed E-state index contributed by atoms with van der Waals surface area (Å²) in [5, 5.41) is 12.1. The summed E-state index contributed by atoms with van der Waals surface area (Å²) in [7, 11) is 0. The summed E-state index contributed by atoms with van der Waals surface area (Å²) in [4.78, 5) is 37.8. The fraction of sp³-hybridized carbons (Fsp3) is 0.348. The zero-order valence-corrected chi connectivity index (χ0v) is 21.0. The van der Waals surface area contributed by atoms with Crippen LogP contribution in [-0.4, -0.2) is 51.6 Å². The van der Waals surface area contributed by atoms with Crippen LogP contribution < -0.4 is 5.32 Å². The van der Waals surface area contributed by atoms with Gasteiger partial charge in [0, 0.05) is 12.1 Å². The minimum atomic E-state index is -0.604. The van der Waals surface area contributed by atoms with E-state index >= 15 is 0 Å². The van der Waals surface area contributed by atoms with Gasteiger partial charge in [-0.05, 0) is 33.3 Å². The van der Waals surface area contributed by atoms with Crippen molar-refractivity contribution < 1.29 is 23.9 Å². The van der Waals surface area contributed by atoms with Crippen LogP contribution in [-0.2, 0) is 20.8 Å². The third-order valence-electron chi connectivity index (χ3n) is 4.74. The number of ether oxygens (including phenoxy) is 2. The number of anilines is 1. The Morgan fingerprint density at radius 1 is 1.03 bits per heavy atom. The predicted molar refractivity (Wildman–Crippen MR) is 131 cm³/mol. The summed E-state index contributed by atoms with van der Waals surface area (Å²) in [5.74, 6) is -0.730. The van der Waals surface area contributed by atoms with E-state index in [0.717, 1.165) is 22.7 Å². The molecule has 2 heterocycles. The largest absolute Gasteiger partial charge is 0.462 e. The van der Waals surface area contributed by atoms with E-state index < -0.39 is 11.9 Å². The Hall–Kier alpha value is -3.18. The third kappa shape index (κ3) is 5.65. The molecule has 0 saturated heterocycles. The molecule has 0 radical (unpaired) electrons. The lowest BCUT2D eigenvalue weighted by Crippen LogP contribution is -2.17.